The first-order valence-corrected chi connectivity index (χ1v) is 10.6. The van der Waals surface area contributed by atoms with Gasteiger partial charge in [0.15, 0.2) is 11.6 Å². The Morgan fingerprint density at radius 1 is 0.906 bits per heavy atom. The molecule has 0 saturated carbocycles. The summed E-state index contributed by atoms with van der Waals surface area (Å²) in [6, 6.07) is 3.50. The summed E-state index contributed by atoms with van der Waals surface area (Å²) in [5.41, 5.74) is 3.99. The van der Waals surface area contributed by atoms with Gasteiger partial charge in [-0.15, -0.1) is 6.58 Å². The fraction of sp³-hybridized carbons (Fsp3) is 0.308. The SMILES string of the molecule is C=CC.CCc1cc(Oc2cc(C)c3c(c2CC)C(=O)CC3=O)c(C)c2c1C(=O)OC2=O. The lowest BCUT2D eigenvalue weighted by molar-refractivity contribution is 0.0442. The van der Waals surface area contributed by atoms with Crippen LogP contribution in [0.1, 0.15) is 90.9 Å². The highest BCUT2D eigenvalue weighted by atomic mass is 16.6. The number of rotatable bonds is 4. The number of allylic oxidation sites excluding steroid dienone is 1. The van der Waals surface area contributed by atoms with Crippen molar-refractivity contribution in [2.45, 2.75) is 53.9 Å². The third kappa shape index (κ3) is 3.66. The van der Waals surface area contributed by atoms with Crippen LogP contribution in [0.2, 0.25) is 0 Å². The molecule has 1 aliphatic heterocycles. The highest BCUT2D eigenvalue weighted by Gasteiger charge is 2.36. The molecule has 0 amide bonds. The second-order valence-electron chi connectivity index (χ2n) is 7.75. The largest absolute Gasteiger partial charge is 0.457 e. The number of carbonyl (C=O) groups is 4. The fourth-order valence-corrected chi connectivity index (χ4v) is 4.25. The van der Waals surface area contributed by atoms with Crippen LogP contribution in [0, 0.1) is 13.8 Å². The van der Waals surface area contributed by atoms with Gasteiger partial charge in [-0.05, 0) is 56.9 Å². The molecule has 0 atom stereocenters. The summed E-state index contributed by atoms with van der Waals surface area (Å²) < 4.78 is 11.0. The van der Waals surface area contributed by atoms with Gasteiger partial charge in [0.1, 0.15) is 11.5 Å². The standard InChI is InChI=1S/C23H20O6.C3H6/c1-5-12-8-16(11(4)19-20(12)23(27)29-22(19)26)28-17-7-10(3)18-14(24)9-15(25)21(18)13(17)6-2;1-3-2/h7-8H,5-6,9H2,1-4H3;3H,1H2,2H3. The van der Waals surface area contributed by atoms with Crippen molar-refractivity contribution in [2.75, 3.05) is 0 Å². The molecule has 0 spiro atoms. The van der Waals surface area contributed by atoms with E-state index in [1.807, 2.05) is 20.8 Å². The molecule has 2 aromatic carbocycles. The number of fused-ring (bicyclic) bond motifs is 2. The predicted molar refractivity (Wildman–Crippen MR) is 120 cm³/mol. The summed E-state index contributed by atoms with van der Waals surface area (Å²) in [7, 11) is 0. The number of aryl methyl sites for hydroxylation is 2. The zero-order valence-corrected chi connectivity index (χ0v) is 19.0. The van der Waals surface area contributed by atoms with Crippen molar-refractivity contribution in [3.05, 3.63) is 69.3 Å². The molecule has 0 fully saturated rings. The van der Waals surface area contributed by atoms with E-state index in [2.05, 4.69) is 6.58 Å². The van der Waals surface area contributed by atoms with Gasteiger partial charge in [0, 0.05) is 22.3 Å². The summed E-state index contributed by atoms with van der Waals surface area (Å²) in [5.74, 6) is -0.753. The average Bonchev–Trinajstić information content (AvgIpc) is 3.20. The summed E-state index contributed by atoms with van der Waals surface area (Å²) in [4.78, 5) is 48.9. The van der Waals surface area contributed by atoms with Crippen LogP contribution in [-0.2, 0) is 17.6 Å². The number of ether oxygens (including phenoxy) is 2. The van der Waals surface area contributed by atoms with Gasteiger partial charge in [0.25, 0.3) is 0 Å². The van der Waals surface area contributed by atoms with Gasteiger partial charge in [-0.25, -0.2) is 9.59 Å². The quantitative estimate of drug-likeness (QED) is 0.359. The molecular weight excluding hydrogens is 408 g/mol. The zero-order chi connectivity index (χ0) is 23.7. The van der Waals surface area contributed by atoms with Crippen molar-refractivity contribution in [1.29, 1.82) is 0 Å². The number of carbonyl (C=O) groups excluding carboxylic acids is 4. The first-order chi connectivity index (χ1) is 15.2. The van der Waals surface area contributed by atoms with E-state index in [0.717, 1.165) is 0 Å². The van der Waals surface area contributed by atoms with E-state index in [4.69, 9.17) is 9.47 Å². The molecule has 6 nitrogen and oxygen atoms in total. The van der Waals surface area contributed by atoms with E-state index < -0.39 is 11.9 Å². The molecule has 1 heterocycles. The van der Waals surface area contributed by atoms with Crippen LogP contribution < -0.4 is 4.74 Å². The topological polar surface area (TPSA) is 86.7 Å². The first kappa shape index (κ1) is 23.1. The van der Waals surface area contributed by atoms with Gasteiger partial charge in [0.05, 0.1) is 17.5 Å². The average molecular weight is 434 g/mol. The highest BCUT2D eigenvalue weighted by molar-refractivity contribution is 6.25. The molecule has 0 aromatic heterocycles. The molecule has 0 N–H and O–H groups in total. The molecule has 0 saturated heterocycles. The molecular formula is C26H26O6. The number of cyclic esters (lactones) is 2. The van der Waals surface area contributed by atoms with Gasteiger partial charge in [-0.3, -0.25) is 9.59 Å². The first-order valence-electron chi connectivity index (χ1n) is 10.6. The smallest absolute Gasteiger partial charge is 0.347 e. The highest BCUT2D eigenvalue weighted by Crippen LogP contribution is 2.40. The Morgan fingerprint density at radius 3 is 2.09 bits per heavy atom. The van der Waals surface area contributed by atoms with E-state index >= 15 is 0 Å². The molecule has 2 aliphatic rings. The number of hydrogen-bond donors (Lipinski definition) is 0. The minimum Gasteiger partial charge on any atom is -0.457 e. The minimum atomic E-state index is -0.677. The van der Waals surface area contributed by atoms with E-state index in [9.17, 15) is 19.2 Å². The Balaban J connectivity index is 0.000000913. The van der Waals surface area contributed by atoms with Crippen LogP contribution in [0.3, 0.4) is 0 Å². The van der Waals surface area contributed by atoms with E-state index in [-0.39, 0.29) is 23.6 Å². The number of ketones is 2. The fourth-order valence-electron chi connectivity index (χ4n) is 4.25. The van der Waals surface area contributed by atoms with Crippen molar-refractivity contribution in [3.8, 4) is 11.5 Å². The Bertz CT molecular complexity index is 1190. The third-order valence-electron chi connectivity index (χ3n) is 5.64. The molecule has 0 unspecified atom stereocenters. The second kappa shape index (κ2) is 8.91. The Hall–Kier alpha value is -3.54. The summed E-state index contributed by atoms with van der Waals surface area (Å²) in [6.45, 7) is 12.5. The number of benzene rings is 2. The van der Waals surface area contributed by atoms with Crippen molar-refractivity contribution in [3.63, 3.8) is 0 Å². The Morgan fingerprint density at radius 2 is 1.50 bits per heavy atom. The molecule has 166 valence electrons. The van der Waals surface area contributed by atoms with Crippen molar-refractivity contribution in [1.82, 2.24) is 0 Å². The van der Waals surface area contributed by atoms with Crippen LogP contribution in [0.4, 0.5) is 0 Å². The lowest BCUT2D eigenvalue weighted by atomic mass is 9.94. The van der Waals surface area contributed by atoms with Crippen LogP contribution in [-0.4, -0.2) is 23.5 Å². The molecule has 6 heteroatoms. The third-order valence-corrected chi connectivity index (χ3v) is 5.64. The van der Waals surface area contributed by atoms with Crippen molar-refractivity contribution >= 4 is 23.5 Å². The maximum Gasteiger partial charge on any atom is 0.347 e. The monoisotopic (exact) mass is 434 g/mol. The molecule has 0 radical (unpaired) electrons. The van der Waals surface area contributed by atoms with Gasteiger partial charge < -0.3 is 9.47 Å². The normalized spacial score (nSPS) is 13.9. The lowest BCUT2D eigenvalue weighted by Crippen LogP contribution is -2.06. The molecule has 1 aliphatic carbocycles. The number of Topliss-reactive ketones (excluding diaryl/α,β-unsaturated/α-hetero) is 2. The van der Waals surface area contributed by atoms with Gasteiger partial charge in [-0.2, -0.15) is 0 Å². The van der Waals surface area contributed by atoms with Crippen molar-refractivity contribution in [2.24, 2.45) is 0 Å². The molecule has 32 heavy (non-hydrogen) atoms. The van der Waals surface area contributed by atoms with Gasteiger partial charge in [0.2, 0.25) is 0 Å². The van der Waals surface area contributed by atoms with Crippen LogP contribution in [0.5, 0.6) is 11.5 Å². The maximum absolute atomic E-state index is 12.4. The Kier molecular flexibility index (Phi) is 6.44. The van der Waals surface area contributed by atoms with Gasteiger partial charge in [-0.1, -0.05) is 19.9 Å². The molecule has 2 aromatic rings. The van der Waals surface area contributed by atoms with E-state index in [1.165, 1.54) is 0 Å². The van der Waals surface area contributed by atoms with Crippen LogP contribution >= 0.6 is 0 Å². The maximum atomic E-state index is 12.4. The minimum absolute atomic E-state index is 0.113. The number of esters is 2. The molecule has 0 bridgehead atoms. The summed E-state index contributed by atoms with van der Waals surface area (Å²) in [5, 5.41) is 0. The zero-order valence-electron chi connectivity index (χ0n) is 19.0. The summed E-state index contributed by atoms with van der Waals surface area (Å²) in [6.07, 6.45) is 2.68. The van der Waals surface area contributed by atoms with Crippen LogP contribution in [0.15, 0.2) is 24.8 Å². The van der Waals surface area contributed by atoms with Gasteiger partial charge >= 0.3 is 11.9 Å². The summed E-state index contributed by atoms with van der Waals surface area (Å²) >= 11 is 0. The molecule has 4 rings (SSSR count). The van der Waals surface area contributed by atoms with Crippen LogP contribution in [0.25, 0.3) is 0 Å². The van der Waals surface area contributed by atoms with E-state index in [1.54, 1.807) is 32.1 Å². The Labute approximate surface area is 187 Å². The second-order valence-corrected chi connectivity index (χ2v) is 7.75. The number of hydrogen-bond acceptors (Lipinski definition) is 6. The van der Waals surface area contributed by atoms with E-state index in [0.29, 0.717) is 63.3 Å². The predicted octanol–water partition coefficient (Wildman–Crippen LogP) is 5.49. The lowest BCUT2D eigenvalue weighted by Gasteiger charge is -2.18. The van der Waals surface area contributed by atoms with Crippen molar-refractivity contribution < 1.29 is 28.7 Å².